The molecule has 15 heavy (non-hydrogen) atoms. The molecule has 0 aromatic rings. The summed E-state index contributed by atoms with van der Waals surface area (Å²) in [6, 6.07) is 0. The first-order chi connectivity index (χ1) is 6.79. The van der Waals surface area contributed by atoms with Crippen LogP contribution in [-0.2, 0) is 14.2 Å². The normalized spacial score (nSPS) is 37.0. The van der Waals surface area contributed by atoms with Crippen molar-refractivity contribution in [2.75, 3.05) is 6.61 Å². The summed E-state index contributed by atoms with van der Waals surface area (Å²) in [6.07, 6.45) is 2.07. The molecule has 2 aliphatic rings. The van der Waals surface area contributed by atoms with Crippen LogP contribution in [0.5, 0.6) is 0 Å². The second-order valence-corrected chi connectivity index (χ2v) is 6.39. The highest BCUT2D eigenvalue weighted by Gasteiger charge is 2.61. The van der Waals surface area contributed by atoms with Gasteiger partial charge in [0.1, 0.15) is 0 Å². The van der Waals surface area contributed by atoms with Crippen LogP contribution in [0.25, 0.3) is 0 Å². The molecule has 1 atom stereocenters. The fourth-order valence-electron chi connectivity index (χ4n) is 1.91. The Balaban J connectivity index is 2.26. The van der Waals surface area contributed by atoms with Crippen molar-refractivity contribution >= 4 is 15.9 Å². The molecule has 2 fully saturated rings. The molecule has 1 unspecified atom stereocenters. The van der Waals surface area contributed by atoms with Crippen LogP contribution in [0.15, 0.2) is 0 Å². The van der Waals surface area contributed by atoms with Gasteiger partial charge in [-0.1, -0.05) is 15.9 Å². The lowest BCUT2D eigenvalue weighted by molar-refractivity contribution is -0.359. The van der Waals surface area contributed by atoms with Crippen molar-refractivity contribution < 1.29 is 14.2 Å². The molecule has 0 aliphatic carbocycles. The zero-order valence-corrected chi connectivity index (χ0v) is 11.4. The Labute approximate surface area is 99.6 Å². The van der Waals surface area contributed by atoms with E-state index in [4.69, 9.17) is 14.2 Å². The first-order valence-electron chi connectivity index (χ1n) is 5.47. The van der Waals surface area contributed by atoms with Crippen LogP contribution < -0.4 is 0 Å². The number of halogens is 1. The second-order valence-electron chi connectivity index (χ2n) is 5.29. The number of hydrogen-bond donors (Lipinski definition) is 0. The largest absolute Gasteiger partial charge is 0.327 e. The molecule has 1 spiro atoms. The summed E-state index contributed by atoms with van der Waals surface area (Å²) in [6.45, 7) is 8.87. The third-order valence-corrected chi connectivity index (χ3v) is 4.55. The number of ether oxygens (including phenoxy) is 3. The molecule has 0 saturated carbocycles. The average Bonchev–Trinajstić information content (AvgIpc) is 2.25. The van der Waals surface area contributed by atoms with Crippen molar-refractivity contribution in [2.45, 2.75) is 62.5 Å². The van der Waals surface area contributed by atoms with Gasteiger partial charge in [-0.15, -0.1) is 0 Å². The predicted octanol–water partition coefficient (Wildman–Crippen LogP) is 2.82. The summed E-state index contributed by atoms with van der Waals surface area (Å²) in [5, 5.41) is 0. The fraction of sp³-hybridized carbons (Fsp3) is 1.00. The van der Waals surface area contributed by atoms with E-state index in [0.717, 1.165) is 12.8 Å². The zero-order chi connectivity index (χ0) is 11.3. The fourth-order valence-corrected chi connectivity index (χ4v) is 2.55. The lowest BCUT2D eigenvalue weighted by Crippen LogP contribution is -2.47. The van der Waals surface area contributed by atoms with Crippen molar-refractivity contribution in [3.63, 3.8) is 0 Å². The molecule has 2 heterocycles. The third kappa shape index (κ3) is 1.75. The van der Waals surface area contributed by atoms with Crippen molar-refractivity contribution in [3.05, 3.63) is 0 Å². The van der Waals surface area contributed by atoms with Gasteiger partial charge in [0.05, 0.1) is 22.6 Å². The highest BCUT2D eigenvalue weighted by Crippen LogP contribution is 2.49. The Morgan fingerprint density at radius 2 is 1.60 bits per heavy atom. The van der Waals surface area contributed by atoms with Crippen molar-refractivity contribution in [1.82, 2.24) is 0 Å². The molecule has 0 aromatic heterocycles. The number of rotatable bonds is 0. The maximum absolute atomic E-state index is 6.01. The van der Waals surface area contributed by atoms with Gasteiger partial charge in [-0.05, 0) is 40.5 Å². The average molecular weight is 279 g/mol. The van der Waals surface area contributed by atoms with Crippen molar-refractivity contribution in [2.24, 2.45) is 0 Å². The Morgan fingerprint density at radius 3 is 2.07 bits per heavy atom. The quantitative estimate of drug-likeness (QED) is 0.638. The van der Waals surface area contributed by atoms with Crippen LogP contribution in [0.1, 0.15) is 40.5 Å². The zero-order valence-electron chi connectivity index (χ0n) is 9.80. The van der Waals surface area contributed by atoms with Crippen LogP contribution >= 0.6 is 15.9 Å². The summed E-state index contributed by atoms with van der Waals surface area (Å²) in [4.78, 5) is 0.111. The minimum absolute atomic E-state index is 0.111. The predicted molar refractivity (Wildman–Crippen MR) is 61.0 cm³/mol. The Morgan fingerprint density at radius 1 is 1.07 bits per heavy atom. The van der Waals surface area contributed by atoms with Gasteiger partial charge >= 0.3 is 0 Å². The van der Waals surface area contributed by atoms with E-state index in [0.29, 0.717) is 6.61 Å². The van der Waals surface area contributed by atoms with E-state index >= 15 is 0 Å². The van der Waals surface area contributed by atoms with E-state index in [1.165, 1.54) is 0 Å². The van der Waals surface area contributed by atoms with Gasteiger partial charge in [0.2, 0.25) is 0 Å². The molecule has 0 amide bonds. The number of alkyl halides is 1. The third-order valence-electron chi connectivity index (χ3n) is 3.53. The molecular formula is C11H19BrO3. The summed E-state index contributed by atoms with van der Waals surface area (Å²) in [5.41, 5.74) is -0.674. The van der Waals surface area contributed by atoms with Crippen molar-refractivity contribution in [3.8, 4) is 0 Å². The highest BCUT2D eigenvalue weighted by atomic mass is 79.9. The maximum atomic E-state index is 6.01. The second kappa shape index (κ2) is 3.42. The summed E-state index contributed by atoms with van der Waals surface area (Å²) >= 11 is 3.60. The topological polar surface area (TPSA) is 27.7 Å². The van der Waals surface area contributed by atoms with Crippen LogP contribution in [0, 0.1) is 0 Å². The monoisotopic (exact) mass is 278 g/mol. The minimum atomic E-state index is -0.884. The molecule has 88 valence electrons. The molecular weight excluding hydrogens is 260 g/mol. The Bertz CT molecular complexity index is 247. The van der Waals surface area contributed by atoms with Crippen LogP contribution in [-0.4, -0.2) is 28.6 Å². The highest BCUT2D eigenvalue weighted by molar-refractivity contribution is 9.09. The number of hydrogen-bond acceptors (Lipinski definition) is 3. The van der Waals surface area contributed by atoms with Crippen LogP contribution in [0.2, 0.25) is 0 Å². The lowest BCUT2D eigenvalue weighted by Gasteiger charge is -2.36. The van der Waals surface area contributed by atoms with Gasteiger partial charge in [0.15, 0.2) is 0 Å². The SMILES string of the molecule is CC1(C)OC2(OCCCC2Br)OC1(C)C. The van der Waals surface area contributed by atoms with Crippen LogP contribution in [0.4, 0.5) is 0 Å². The Kier molecular flexibility index (Phi) is 2.70. The van der Waals surface area contributed by atoms with E-state index in [9.17, 15) is 0 Å². The minimum Gasteiger partial charge on any atom is -0.327 e. The first kappa shape index (κ1) is 11.8. The first-order valence-corrected chi connectivity index (χ1v) is 6.39. The standard InChI is InChI=1S/C11H19BrO3/c1-9(2)10(3,4)15-11(14-9)8(12)6-5-7-13-11/h8H,5-7H2,1-4H3. The van der Waals surface area contributed by atoms with E-state index in [-0.39, 0.29) is 16.0 Å². The van der Waals surface area contributed by atoms with E-state index < -0.39 is 5.97 Å². The van der Waals surface area contributed by atoms with E-state index in [1.807, 2.05) is 27.7 Å². The molecule has 2 saturated heterocycles. The molecule has 4 heteroatoms. The molecule has 3 nitrogen and oxygen atoms in total. The Hall–Kier alpha value is 0.360. The van der Waals surface area contributed by atoms with Gasteiger partial charge in [0, 0.05) is 0 Å². The van der Waals surface area contributed by atoms with Gasteiger partial charge < -0.3 is 14.2 Å². The summed E-state index contributed by atoms with van der Waals surface area (Å²) in [5.74, 6) is -0.884. The smallest absolute Gasteiger partial charge is 0.297 e. The van der Waals surface area contributed by atoms with Gasteiger partial charge in [-0.25, -0.2) is 0 Å². The molecule has 2 rings (SSSR count). The molecule has 2 aliphatic heterocycles. The molecule has 0 aromatic carbocycles. The molecule has 0 N–H and O–H groups in total. The molecule has 0 radical (unpaired) electrons. The maximum Gasteiger partial charge on any atom is 0.297 e. The summed E-state index contributed by atoms with van der Waals surface area (Å²) < 4.78 is 17.7. The van der Waals surface area contributed by atoms with Gasteiger partial charge in [-0.3, -0.25) is 0 Å². The van der Waals surface area contributed by atoms with Gasteiger partial charge in [-0.2, -0.15) is 0 Å². The van der Waals surface area contributed by atoms with E-state index in [1.54, 1.807) is 0 Å². The van der Waals surface area contributed by atoms with Crippen LogP contribution in [0.3, 0.4) is 0 Å². The van der Waals surface area contributed by atoms with Crippen molar-refractivity contribution in [1.29, 1.82) is 0 Å². The molecule has 0 bridgehead atoms. The van der Waals surface area contributed by atoms with Gasteiger partial charge in [0.25, 0.3) is 5.97 Å². The van der Waals surface area contributed by atoms with E-state index in [2.05, 4.69) is 15.9 Å². The lowest BCUT2D eigenvalue weighted by atomic mass is 9.90. The summed E-state index contributed by atoms with van der Waals surface area (Å²) in [7, 11) is 0.